The van der Waals surface area contributed by atoms with Crippen LogP contribution in [0.15, 0.2) is 18.2 Å². The summed E-state index contributed by atoms with van der Waals surface area (Å²) in [6, 6.07) is 3.01. The molecule has 1 fully saturated rings. The van der Waals surface area contributed by atoms with Crippen LogP contribution in [0, 0.1) is 11.6 Å². The molecule has 6 nitrogen and oxygen atoms in total. The number of ether oxygens (including phenoxy) is 1. The summed E-state index contributed by atoms with van der Waals surface area (Å²) < 4.78 is 30.9. The first-order valence-corrected chi connectivity index (χ1v) is 8.80. The lowest BCUT2D eigenvalue weighted by molar-refractivity contribution is 0.0975. The topological polar surface area (TPSA) is 79.5 Å². The molecule has 0 atom stereocenters. The minimum Gasteiger partial charge on any atom is -0.450 e. The van der Waals surface area contributed by atoms with Gasteiger partial charge in [-0.15, -0.1) is 0 Å². The van der Waals surface area contributed by atoms with Crippen LogP contribution in [0.2, 0.25) is 0 Å². The van der Waals surface area contributed by atoms with Gasteiger partial charge in [-0.2, -0.15) is 0 Å². The normalized spacial score (nSPS) is 19.3. The molecule has 9 heteroatoms. The van der Waals surface area contributed by atoms with Gasteiger partial charge in [-0.3, -0.25) is 10.1 Å². The molecule has 1 aromatic carbocycles. The number of thiocarbonyl (C=S) groups is 1. The second-order valence-corrected chi connectivity index (χ2v) is 6.38. The first-order valence-electron chi connectivity index (χ1n) is 8.39. The largest absolute Gasteiger partial charge is 0.450 e. The number of rotatable bonds is 4. The molecule has 0 aliphatic heterocycles. The molecule has 2 rings (SSSR count). The van der Waals surface area contributed by atoms with E-state index < -0.39 is 23.6 Å². The molecule has 26 heavy (non-hydrogen) atoms. The molecule has 0 heterocycles. The maximum absolute atomic E-state index is 13.2. The zero-order valence-electron chi connectivity index (χ0n) is 14.3. The van der Waals surface area contributed by atoms with E-state index in [2.05, 4.69) is 16.0 Å². The monoisotopic (exact) mass is 385 g/mol. The lowest BCUT2D eigenvalue weighted by Crippen LogP contribution is -2.48. The minimum atomic E-state index is -1.09. The fourth-order valence-electron chi connectivity index (χ4n) is 2.76. The molecule has 0 aromatic heterocycles. The van der Waals surface area contributed by atoms with Crippen molar-refractivity contribution in [1.29, 1.82) is 0 Å². The van der Waals surface area contributed by atoms with Gasteiger partial charge in [0, 0.05) is 17.6 Å². The van der Waals surface area contributed by atoms with Gasteiger partial charge in [0.1, 0.15) is 0 Å². The predicted octanol–water partition coefficient (Wildman–Crippen LogP) is 2.63. The number of carbonyl (C=O) groups is 2. The van der Waals surface area contributed by atoms with Crippen LogP contribution < -0.4 is 16.0 Å². The molecule has 2 amide bonds. The van der Waals surface area contributed by atoms with Crippen molar-refractivity contribution in [2.75, 3.05) is 6.61 Å². The zero-order chi connectivity index (χ0) is 19.1. The number of benzene rings is 1. The Morgan fingerprint density at radius 2 is 1.73 bits per heavy atom. The molecule has 0 unspecified atom stereocenters. The third-order valence-electron chi connectivity index (χ3n) is 4.07. The molecule has 1 aliphatic rings. The summed E-state index contributed by atoms with van der Waals surface area (Å²) in [5.74, 6) is -2.72. The highest BCUT2D eigenvalue weighted by atomic mass is 32.1. The summed E-state index contributed by atoms with van der Waals surface area (Å²) >= 11 is 5.10. The van der Waals surface area contributed by atoms with E-state index in [1.54, 1.807) is 6.92 Å². The molecular weight excluding hydrogens is 364 g/mol. The second kappa shape index (κ2) is 9.42. The Morgan fingerprint density at radius 1 is 1.12 bits per heavy atom. The fraction of sp³-hybridized carbons (Fsp3) is 0.471. The van der Waals surface area contributed by atoms with Gasteiger partial charge in [-0.05, 0) is 63.0 Å². The average molecular weight is 385 g/mol. The Hall–Kier alpha value is -2.29. The third kappa shape index (κ3) is 5.91. The van der Waals surface area contributed by atoms with Crippen LogP contribution in [0.5, 0.6) is 0 Å². The smallest absolute Gasteiger partial charge is 0.407 e. The van der Waals surface area contributed by atoms with Crippen LogP contribution in [-0.2, 0) is 4.74 Å². The first-order chi connectivity index (χ1) is 12.4. The maximum atomic E-state index is 13.2. The number of carbonyl (C=O) groups excluding carboxylic acids is 2. The van der Waals surface area contributed by atoms with Crippen molar-refractivity contribution in [1.82, 2.24) is 16.0 Å². The minimum absolute atomic E-state index is 0.0182. The molecule has 3 N–H and O–H groups in total. The number of amides is 2. The van der Waals surface area contributed by atoms with Gasteiger partial charge in [0.25, 0.3) is 5.91 Å². The zero-order valence-corrected chi connectivity index (χ0v) is 15.1. The molecule has 0 saturated heterocycles. The standard InChI is InChI=1S/C17H21F2N3O3S/c1-2-25-17(24)21-12-6-4-11(5-7-12)20-16(26)22-15(23)10-3-8-13(18)14(19)9-10/h3,8-9,11-12H,2,4-7H2,1H3,(H,21,24)(H2,20,22,23,26). The van der Waals surface area contributed by atoms with E-state index in [-0.39, 0.29) is 22.8 Å². The van der Waals surface area contributed by atoms with Crippen LogP contribution in [0.4, 0.5) is 13.6 Å². The Labute approximate surface area is 155 Å². The van der Waals surface area contributed by atoms with Crippen molar-refractivity contribution in [2.45, 2.75) is 44.7 Å². The summed E-state index contributed by atoms with van der Waals surface area (Å²) in [5.41, 5.74) is -0.0182. The van der Waals surface area contributed by atoms with Crippen LogP contribution in [0.25, 0.3) is 0 Å². The van der Waals surface area contributed by atoms with Gasteiger partial charge < -0.3 is 15.4 Å². The Balaban J connectivity index is 1.75. The number of halogens is 2. The SMILES string of the molecule is CCOC(=O)NC1CCC(NC(=S)NC(=O)c2ccc(F)c(F)c2)CC1. The Morgan fingerprint density at radius 3 is 2.31 bits per heavy atom. The van der Waals surface area contributed by atoms with E-state index in [4.69, 9.17) is 17.0 Å². The van der Waals surface area contributed by atoms with Crippen molar-refractivity contribution in [2.24, 2.45) is 0 Å². The van der Waals surface area contributed by atoms with E-state index in [1.807, 2.05) is 0 Å². The van der Waals surface area contributed by atoms with Crippen molar-refractivity contribution < 1.29 is 23.1 Å². The molecule has 142 valence electrons. The molecular formula is C17H21F2N3O3S. The summed E-state index contributed by atoms with van der Waals surface area (Å²) in [6.45, 7) is 2.07. The lowest BCUT2D eigenvalue weighted by Gasteiger charge is -2.30. The highest BCUT2D eigenvalue weighted by molar-refractivity contribution is 7.80. The van der Waals surface area contributed by atoms with Gasteiger partial charge >= 0.3 is 6.09 Å². The van der Waals surface area contributed by atoms with Crippen molar-refractivity contribution in [3.8, 4) is 0 Å². The van der Waals surface area contributed by atoms with Crippen LogP contribution in [0.3, 0.4) is 0 Å². The summed E-state index contributed by atoms with van der Waals surface area (Å²) in [5, 5.41) is 8.41. The highest BCUT2D eigenvalue weighted by Gasteiger charge is 2.23. The lowest BCUT2D eigenvalue weighted by atomic mass is 9.91. The van der Waals surface area contributed by atoms with Crippen molar-refractivity contribution in [3.05, 3.63) is 35.4 Å². The second-order valence-electron chi connectivity index (χ2n) is 5.97. The Kier molecular flexibility index (Phi) is 7.26. The van der Waals surface area contributed by atoms with Crippen LogP contribution in [0.1, 0.15) is 43.0 Å². The van der Waals surface area contributed by atoms with Gasteiger partial charge in [0.05, 0.1) is 6.61 Å². The maximum Gasteiger partial charge on any atom is 0.407 e. The van der Waals surface area contributed by atoms with Gasteiger partial charge in [-0.1, -0.05) is 0 Å². The van der Waals surface area contributed by atoms with Crippen LogP contribution >= 0.6 is 12.2 Å². The van der Waals surface area contributed by atoms with Gasteiger partial charge in [0.2, 0.25) is 0 Å². The molecule has 0 spiro atoms. The summed E-state index contributed by atoms with van der Waals surface area (Å²) in [4.78, 5) is 23.4. The van der Waals surface area contributed by atoms with E-state index in [1.165, 1.54) is 6.07 Å². The molecule has 1 saturated carbocycles. The third-order valence-corrected chi connectivity index (χ3v) is 4.29. The van der Waals surface area contributed by atoms with Crippen LogP contribution in [-0.4, -0.2) is 35.8 Å². The number of alkyl carbamates (subject to hydrolysis) is 1. The fourth-order valence-corrected chi connectivity index (χ4v) is 3.02. The summed E-state index contributed by atoms with van der Waals surface area (Å²) in [7, 11) is 0. The van der Waals surface area contributed by atoms with E-state index in [0.717, 1.165) is 37.8 Å². The average Bonchev–Trinajstić information content (AvgIpc) is 2.59. The number of hydrogen-bond acceptors (Lipinski definition) is 4. The van der Waals surface area contributed by atoms with Gasteiger partial charge in [0.15, 0.2) is 16.7 Å². The van der Waals surface area contributed by atoms with Crippen molar-refractivity contribution in [3.63, 3.8) is 0 Å². The first kappa shape index (κ1) is 20.0. The predicted molar refractivity (Wildman–Crippen MR) is 95.8 cm³/mol. The van der Waals surface area contributed by atoms with E-state index >= 15 is 0 Å². The quantitative estimate of drug-likeness (QED) is 0.695. The molecule has 0 radical (unpaired) electrons. The molecule has 1 aliphatic carbocycles. The Bertz CT molecular complexity index is 679. The molecule has 0 bridgehead atoms. The highest BCUT2D eigenvalue weighted by Crippen LogP contribution is 2.18. The van der Waals surface area contributed by atoms with E-state index in [0.29, 0.717) is 6.61 Å². The number of nitrogens with one attached hydrogen (secondary N) is 3. The number of hydrogen-bond donors (Lipinski definition) is 3. The van der Waals surface area contributed by atoms with Gasteiger partial charge in [-0.25, -0.2) is 13.6 Å². The van der Waals surface area contributed by atoms with Crippen molar-refractivity contribution >= 4 is 29.3 Å². The van der Waals surface area contributed by atoms with E-state index in [9.17, 15) is 18.4 Å². The summed E-state index contributed by atoms with van der Waals surface area (Å²) in [6.07, 6.45) is 2.63. The molecule has 1 aromatic rings.